The van der Waals surface area contributed by atoms with Crippen molar-refractivity contribution in [2.45, 2.75) is 32.4 Å². The molecule has 6 heteroatoms. The number of amides is 1. The maximum atomic E-state index is 12.5. The zero-order chi connectivity index (χ0) is 17.7. The highest BCUT2D eigenvalue weighted by molar-refractivity contribution is 9.10. The molecule has 0 aliphatic carbocycles. The lowest BCUT2D eigenvalue weighted by atomic mass is 9.92. The molecule has 2 rings (SSSR count). The number of nitrogens with two attached hydrogens (primary N) is 1. The Hall–Kier alpha value is -0.950. The van der Waals surface area contributed by atoms with Gasteiger partial charge in [-0.15, -0.1) is 0 Å². The molecule has 1 aliphatic heterocycles. The summed E-state index contributed by atoms with van der Waals surface area (Å²) in [6, 6.07) is 7.51. The van der Waals surface area contributed by atoms with Gasteiger partial charge in [-0.05, 0) is 30.5 Å². The molecule has 1 heterocycles. The Morgan fingerprint density at radius 3 is 2.75 bits per heavy atom. The lowest BCUT2D eigenvalue weighted by Gasteiger charge is -2.34. The van der Waals surface area contributed by atoms with E-state index >= 15 is 0 Å². The molecule has 134 valence electrons. The van der Waals surface area contributed by atoms with Crippen molar-refractivity contribution in [3.63, 3.8) is 0 Å². The number of morpholine rings is 1. The highest BCUT2D eigenvalue weighted by Crippen LogP contribution is 2.20. The minimum absolute atomic E-state index is 0.0159. The summed E-state index contributed by atoms with van der Waals surface area (Å²) in [5, 5.41) is 2.95. The fraction of sp³-hybridized carbons (Fsp3) is 0.611. The summed E-state index contributed by atoms with van der Waals surface area (Å²) in [7, 11) is 0. The van der Waals surface area contributed by atoms with Crippen LogP contribution in [-0.4, -0.2) is 49.7 Å². The van der Waals surface area contributed by atoms with Crippen LogP contribution < -0.4 is 11.1 Å². The summed E-state index contributed by atoms with van der Waals surface area (Å²) in [5.74, 6) is 0.442. The van der Waals surface area contributed by atoms with Crippen LogP contribution in [0.25, 0.3) is 0 Å². The van der Waals surface area contributed by atoms with Crippen molar-refractivity contribution < 1.29 is 9.53 Å². The van der Waals surface area contributed by atoms with E-state index in [9.17, 15) is 4.79 Å². The first-order valence-electron chi connectivity index (χ1n) is 8.46. The van der Waals surface area contributed by atoms with E-state index in [1.807, 2.05) is 24.3 Å². The van der Waals surface area contributed by atoms with Crippen LogP contribution in [0.3, 0.4) is 0 Å². The van der Waals surface area contributed by atoms with Gasteiger partial charge in [0.05, 0.1) is 12.7 Å². The zero-order valence-corrected chi connectivity index (χ0v) is 16.3. The largest absolute Gasteiger partial charge is 0.374 e. The molecule has 3 N–H and O–H groups in total. The quantitative estimate of drug-likeness (QED) is 0.770. The molecule has 1 aromatic carbocycles. The van der Waals surface area contributed by atoms with E-state index in [-0.39, 0.29) is 12.0 Å². The lowest BCUT2D eigenvalue weighted by molar-refractivity contribution is -0.127. The van der Waals surface area contributed by atoms with Gasteiger partial charge < -0.3 is 15.8 Å². The van der Waals surface area contributed by atoms with Crippen molar-refractivity contribution in [3.05, 3.63) is 34.3 Å². The molecular weight excluding hydrogens is 370 g/mol. The molecule has 0 aromatic heterocycles. The summed E-state index contributed by atoms with van der Waals surface area (Å²) >= 11 is 3.39. The Labute approximate surface area is 153 Å². The highest BCUT2D eigenvalue weighted by atomic mass is 79.9. The SMILES string of the molecule is CC(C)CN1CCOC(CNC(=O)C(C)(N)c2ccc(Br)cc2)C1. The summed E-state index contributed by atoms with van der Waals surface area (Å²) in [6.07, 6.45) is 0.0159. The Kier molecular flexibility index (Phi) is 6.80. The molecule has 5 nitrogen and oxygen atoms in total. The van der Waals surface area contributed by atoms with Gasteiger partial charge in [0.2, 0.25) is 5.91 Å². The number of halogens is 1. The molecule has 1 aliphatic rings. The number of benzene rings is 1. The van der Waals surface area contributed by atoms with Gasteiger partial charge in [0.1, 0.15) is 5.54 Å². The van der Waals surface area contributed by atoms with Gasteiger partial charge in [-0.3, -0.25) is 9.69 Å². The molecule has 24 heavy (non-hydrogen) atoms. The number of carbonyl (C=O) groups is 1. The molecule has 1 amide bonds. The second-order valence-corrected chi connectivity index (χ2v) is 7.98. The number of nitrogens with zero attached hydrogens (tertiary/aromatic N) is 1. The summed E-state index contributed by atoms with van der Waals surface area (Å²) in [6.45, 7) is 10.2. The Morgan fingerprint density at radius 2 is 2.12 bits per heavy atom. The van der Waals surface area contributed by atoms with Gasteiger partial charge >= 0.3 is 0 Å². The van der Waals surface area contributed by atoms with Gasteiger partial charge in [-0.2, -0.15) is 0 Å². The first kappa shape index (κ1) is 19.4. The predicted molar refractivity (Wildman–Crippen MR) is 99.7 cm³/mol. The number of nitrogens with one attached hydrogen (secondary N) is 1. The van der Waals surface area contributed by atoms with Crippen molar-refractivity contribution in [3.8, 4) is 0 Å². The van der Waals surface area contributed by atoms with Gasteiger partial charge in [0, 0.05) is 30.7 Å². The molecule has 0 saturated carbocycles. The Balaban J connectivity index is 1.88. The van der Waals surface area contributed by atoms with Gasteiger partial charge in [-0.1, -0.05) is 41.9 Å². The topological polar surface area (TPSA) is 67.6 Å². The Bertz CT molecular complexity index is 546. The number of ether oxygens (including phenoxy) is 1. The van der Waals surface area contributed by atoms with Crippen LogP contribution in [0.15, 0.2) is 28.7 Å². The van der Waals surface area contributed by atoms with E-state index in [4.69, 9.17) is 10.5 Å². The van der Waals surface area contributed by atoms with Gasteiger partial charge in [0.25, 0.3) is 0 Å². The number of hydrogen-bond acceptors (Lipinski definition) is 4. The fourth-order valence-electron chi connectivity index (χ4n) is 2.90. The lowest BCUT2D eigenvalue weighted by Crippen LogP contribution is -2.53. The molecule has 2 atom stereocenters. The van der Waals surface area contributed by atoms with Crippen molar-refractivity contribution in [2.75, 3.05) is 32.8 Å². The molecule has 0 bridgehead atoms. The van der Waals surface area contributed by atoms with Crippen molar-refractivity contribution >= 4 is 21.8 Å². The third kappa shape index (κ3) is 5.28. The molecule has 1 fully saturated rings. The highest BCUT2D eigenvalue weighted by Gasteiger charge is 2.31. The molecule has 1 saturated heterocycles. The third-order valence-electron chi connectivity index (χ3n) is 4.25. The van der Waals surface area contributed by atoms with Crippen LogP contribution in [0.1, 0.15) is 26.3 Å². The standard InChI is InChI=1S/C18H28BrN3O2/c1-13(2)11-22-8-9-24-16(12-22)10-21-17(23)18(3,20)14-4-6-15(19)7-5-14/h4-7,13,16H,8-12,20H2,1-3H3,(H,21,23). The second-order valence-electron chi connectivity index (χ2n) is 7.07. The predicted octanol–water partition coefficient (Wildman–Crippen LogP) is 2.10. The molecule has 2 unspecified atom stereocenters. The van der Waals surface area contributed by atoms with E-state index in [2.05, 4.69) is 40.0 Å². The van der Waals surface area contributed by atoms with E-state index in [1.165, 1.54) is 0 Å². The zero-order valence-electron chi connectivity index (χ0n) is 14.7. The first-order valence-corrected chi connectivity index (χ1v) is 9.25. The second kappa shape index (κ2) is 8.43. The van der Waals surface area contributed by atoms with E-state index in [1.54, 1.807) is 6.92 Å². The maximum Gasteiger partial charge on any atom is 0.244 e. The summed E-state index contributed by atoms with van der Waals surface area (Å²) in [5.41, 5.74) is 5.99. The minimum Gasteiger partial charge on any atom is -0.374 e. The van der Waals surface area contributed by atoms with Crippen LogP contribution in [0, 0.1) is 5.92 Å². The molecular formula is C18H28BrN3O2. The van der Waals surface area contributed by atoms with Crippen LogP contribution in [0.2, 0.25) is 0 Å². The average Bonchev–Trinajstić information content (AvgIpc) is 2.52. The van der Waals surface area contributed by atoms with Crippen LogP contribution in [-0.2, 0) is 15.1 Å². The van der Waals surface area contributed by atoms with Crippen molar-refractivity contribution in [1.29, 1.82) is 0 Å². The third-order valence-corrected chi connectivity index (χ3v) is 4.78. The Morgan fingerprint density at radius 1 is 1.46 bits per heavy atom. The summed E-state index contributed by atoms with van der Waals surface area (Å²) < 4.78 is 6.73. The normalized spacial score (nSPS) is 21.5. The van der Waals surface area contributed by atoms with Gasteiger partial charge in [0.15, 0.2) is 0 Å². The summed E-state index contributed by atoms with van der Waals surface area (Å²) in [4.78, 5) is 14.9. The van der Waals surface area contributed by atoms with Crippen LogP contribution in [0.4, 0.5) is 0 Å². The fourth-order valence-corrected chi connectivity index (χ4v) is 3.17. The van der Waals surface area contributed by atoms with Crippen LogP contribution in [0.5, 0.6) is 0 Å². The molecule has 0 radical (unpaired) electrons. The smallest absolute Gasteiger partial charge is 0.244 e. The van der Waals surface area contributed by atoms with Gasteiger partial charge in [-0.25, -0.2) is 0 Å². The van der Waals surface area contributed by atoms with Crippen molar-refractivity contribution in [1.82, 2.24) is 10.2 Å². The number of carbonyl (C=O) groups excluding carboxylic acids is 1. The minimum atomic E-state index is -1.06. The number of rotatable bonds is 6. The van der Waals surface area contributed by atoms with E-state index in [0.717, 1.165) is 29.7 Å². The monoisotopic (exact) mass is 397 g/mol. The van der Waals surface area contributed by atoms with E-state index in [0.29, 0.717) is 19.1 Å². The first-order chi connectivity index (χ1) is 11.3. The van der Waals surface area contributed by atoms with E-state index < -0.39 is 5.54 Å². The average molecular weight is 398 g/mol. The molecule has 1 aromatic rings. The van der Waals surface area contributed by atoms with Crippen LogP contribution >= 0.6 is 15.9 Å². The van der Waals surface area contributed by atoms with Crippen molar-refractivity contribution in [2.24, 2.45) is 11.7 Å². The molecule has 0 spiro atoms. The maximum absolute atomic E-state index is 12.5. The number of hydrogen-bond donors (Lipinski definition) is 2.